The van der Waals surface area contributed by atoms with E-state index in [2.05, 4.69) is 25.2 Å². The summed E-state index contributed by atoms with van der Waals surface area (Å²) in [4.78, 5) is 5.46. The van der Waals surface area contributed by atoms with Crippen molar-refractivity contribution in [2.75, 3.05) is 35.1 Å². The molecule has 0 bridgehead atoms. The number of nitrogens with one attached hydrogen (secondary N) is 3. The van der Waals surface area contributed by atoms with Crippen LogP contribution in [-0.4, -0.2) is 39.6 Å². The SMILES string of the molecule is CN[C@@H]1CCCN(c2cc(F)ccc2Nc2ccc(S(=O)(=O)Nc3cscn3)c(F)c2)C1. The number of sulfonamides is 1. The lowest BCUT2D eigenvalue weighted by atomic mass is 10.0. The summed E-state index contributed by atoms with van der Waals surface area (Å²) in [6.07, 6.45) is 2.01. The fraction of sp³-hybridized carbons (Fsp3) is 0.286. The minimum Gasteiger partial charge on any atom is -0.368 e. The molecule has 0 saturated carbocycles. The highest BCUT2D eigenvalue weighted by Gasteiger charge is 2.23. The molecule has 1 aliphatic heterocycles. The molecule has 3 N–H and O–H groups in total. The average molecular weight is 480 g/mol. The van der Waals surface area contributed by atoms with Crippen LogP contribution in [0.25, 0.3) is 0 Å². The summed E-state index contributed by atoms with van der Waals surface area (Å²) < 4.78 is 56.0. The lowest BCUT2D eigenvalue weighted by Crippen LogP contribution is -2.44. The van der Waals surface area contributed by atoms with Gasteiger partial charge in [0.2, 0.25) is 0 Å². The smallest absolute Gasteiger partial charge is 0.265 e. The molecule has 1 fully saturated rings. The third kappa shape index (κ3) is 5.00. The van der Waals surface area contributed by atoms with Crippen molar-refractivity contribution in [2.45, 2.75) is 23.8 Å². The van der Waals surface area contributed by atoms with Crippen LogP contribution >= 0.6 is 11.3 Å². The van der Waals surface area contributed by atoms with Crippen molar-refractivity contribution in [1.82, 2.24) is 10.3 Å². The van der Waals surface area contributed by atoms with Crippen molar-refractivity contribution in [3.63, 3.8) is 0 Å². The maximum absolute atomic E-state index is 14.7. The molecule has 0 amide bonds. The van der Waals surface area contributed by atoms with Crippen molar-refractivity contribution >= 4 is 44.2 Å². The van der Waals surface area contributed by atoms with Gasteiger partial charge in [-0.2, -0.15) is 0 Å². The molecule has 0 unspecified atom stereocenters. The first kappa shape index (κ1) is 22.4. The predicted octanol–water partition coefficient (Wildman–Crippen LogP) is 4.15. The van der Waals surface area contributed by atoms with E-state index in [-0.39, 0.29) is 11.6 Å². The van der Waals surface area contributed by atoms with Gasteiger partial charge in [0.15, 0.2) is 5.82 Å². The summed E-state index contributed by atoms with van der Waals surface area (Å²) in [5, 5.41) is 7.87. The molecule has 1 aliphatic rings. The van der Waals surface area contributed by atoms with E-state index in [1.165, 1.54) is 46.5 Å². The highest BCUT2D eigenvalue weighted by atomic mass is 32.2. The molecule has 3 aromatic rings. The number of halogens is 2. The van der Waals surface area contributed by atoms with Crippen LogP contribution in [0.4, 0.5) is 31.7 Å². The number of rotatable bonds is 7. The lowest BCUT2D eigenvalue weighted by molar-refractivity contribution is 0.449. The Morgan fingerprint density at radius 1 is 1.19 bits per heavy atom. The van der Waals surface area contributed by atoms with Crippen LogP contribution in [0.3, 0.4) is 0 Å². The second kappa shape index (κ2) is 9.39. The lowest BCUT2D eigenvalue weighted by Gasteiger charge is -2.35. The molecule has 170 valence electrons. The Bertz CT molecular complexity index is 1190. The van der Waals surface area contributed by atoms with Crippen LogP contribution < -0.4 is 20.3 Å². The van der Waals surface area contributed by atoms with E-state index in [4.69, 9.17) is 0 Å². The van der Waals surface area contributed by atoms with Crippen molar-refractivity contribution in [3.8, 4) is 0 Å². The Labute approximate surface area is 189 Å². The van der Waals surface area contributed by atoms with Gasteiger partial charge in [0.1, 0.15) is 16.5 Å². The van der Waals surface area contributed by atoms with E-state index in [1.54, 1.807) is 6.07 Å². The molecule has 7 nitrogen and oxygen atoms in total. The largest absolute Gasteiger partial charge is 0.368 e. The third-order valence-corrected chi connectivity index (χ3v) is 7.28. The van der Waals surface area contributed by atoms with Gasteiger partial charge in [0, 0.05) is 30.2 Å². The number of likely N-dealkylation sites (N-methyl/N-ethyl adjacent to an activating group) is 1. The van der Waals surface area contributed by atoms with E-state index in [1.807, 2.05) is 7.05 Å². The van der Waals surface area contributed by atoms with E-state index in [9.17, 15) is 17.2 Å². The van der Waals surface area contributed by atoms with Gasteiger partial charge in [0.25, 0.3) is 10.0 Å². The topological polar surface area (TPSA) is 86.4 Å². The molecule has 2 aromatic carbocycles. The van der Waals surface area contributed by atoms with Gasteiger partial charge < -0.3 is 15.5 Å². The van der Waals surface area contributed by atoms with Crippen LogP contribution in [0.15, 0.2) is 52.2 Å². The van der Waals surface area contributed by atoms with Crippen molar-refractivity contribution in [3.05, 3.63) is 58.9 Å². The summed E-state index contributed by atoms with van der Waals surface area (Å²) in [7, 11) is -2.21. The maximum Gasteiger partial charge on any atom is 0.265 e. The predicted molar refractivity (Wildman–Crippen MR) is 123 cm³/mol. The number of thiazole rings is 1. The number of nitrogens with zero attached hydrogens (tertiary/aromatic N) is 2. The Hall–Kier alpha value is -2.76. The van der Waals surface area contributed by atoms with E-state index in [0.717, 1.165) is 32.0 Å². The fourth-order valence-corrected chi connectivity index (χ4v) is 5.33. The zero-order chi connectivity index (χ0) is 22.7. The molecule has 1 saturated heterocycles. The zero-order valence-electron chi connectivity index (χ0n) is 17.3. The molecular formula is C21H23F2N5O2S2. The molecular weight excluding hydrogens is 456 g/mol. The number of aromatic nitrogens is 1. The molecule has 2 heterocycles. The third-order valence-electron chi connectivity index (χ3n) is 5.30. The summed E-state index contributed by atoms with van der Waals surface area (Å²) in [5.74, 6) is -1.14. The zero-order valence-corrected chi connectivity index (χ0v) is 18.9. The molecule has 0 spiro atoms. The first-order chi connectivity index (χ1) is 15.4. The van der Waals surface area contributed by atoms with Crippen molar-refractivity contribution in [1.29, 1.82) is 0 Å². The number of hydrogen-bond acceptors (Lipinski definition) is 7. The molecule has 0 radical (unpaired) electrons. The second-order valence-electron chi connectivity index (χ2n) is 7.48. The van der Waals surface area contributed by atoms with Gasteiger partial charge in [-0.15, -0.1) is 11.3 Å². The summed E-state index contributed by atoms with van der Waals surface area (Å²) in [6.45, 7) is 1.51. The molecule has 1 aromatic heterocycles. The minimum absolute atomic E-state index is 0.133. The van der Waals surface area contributed by atoms with Crippen LogP contribution in [0.2, 0.25) is 0 Å². The van der Waals surface area contributed by atoms with Crippen molar-refractivity contribution in [2.24, 2.45) is 0 Å². The first-order valence-electron chi connectivity index (χ1n) is 10.0. The number of benzene rings is 2. The Balaban J connectivity index is 1.58. The van der Waals surface area contributed by atoms with Crippen LogP contribution in [0.1, 0.15) is 12.8 Å². The molecule has 1 atom stereocenters. The van der Waals surface area contributed by atoms with E-state index in [0.29, 0.717) is 23.1 Å². The minimum atomic E-state index is -4.12. The highest BCUT2D eigenvalue weighted by Crippen LogP contribution is 2.32. The molecule has 32 heavy (non-hydrogen) atoms. The van der Waals surface area contributed by atoms with E-state index >= 15 is 0 Å². The summed E-state index contributed by atoms with van der Waals surface area (Å²) in [5.41, 5.74) is 3.11. The van der Waals surface area contributed by atoms with Crippen molar-refractivity contribution < 1.29 is 17.2 Å². The van der Waals surface area contributed by atoms with Crippen LogP contribution in [0, 0.1) is 11.6 Å². The van der Waals surface area contributed by atoms with Crippen LogP contribution in [0.5, 0.6) is 0 Å². The fourth-order valence-electron chi connectivity index (χ4n) is 3.71. The second-order valence-corrected chi connectivity index (χ2v) is 9.85. The van der Waals surface area contributed by atoms with Gasteiger partial charge in [-0.05, 0) is 56.3 Å². The number of anilines is 4. The molecule has 0 aliphatic carbocycles. The van der Waals surface area contributed by atoms with Gasteiger partial charge >= 0.3 is 0 Å². The van der Waals surface area contributed by atoms with E-state index < -0.39 is 20.7 Å². The summed E-state index contributed by atoms with van der Waals surface area (Å²) in [6, 6.07) is 8.44. The first-order valence-corrected chi connectivity index (χ1v) is 12.5. The Kier molecular flexibility index (Phi) is 6.58. The van der Waals surface area contributed by atoms with Gasteiger partial charge in [-0.1, -0.05) is 0 Å². The molecule has 4 rings (SSSR count). The quantitative estimate of drug-likeness (QED) is 0.472. The summed E-state index contributed by atoms with van der Waals surface area (Å²) >= 11 is 1.22. The van der Waals surface area contributed by atoms with Crippen LogP contribution in [-0.2, 0) is 10.0 Å². The monoisotopic (exact) mass is 479 g/mol. The maximum atomic E-state index is 14.7. The Morgan fingerprint density at radius 3 is 2.75 bits per heavy atom. The average Bonchev–Trinajstić information content (AvgIpc) is 3.27. The van der Waals surface area contributed by atoms with Gasteiger partial charge in [-0.25, -0.2) is 22.2 Å². The standard InChI is InChI=1S/C21H23F2N5O2S2/c1-24-16-3-2-8-28(11-16)19-9-14(22)4-6-18(19)26-15-5-7-20(17(23)10-15)32(29,30)27-21-12-31-13-25-21/h4-7,9-10,12-13,16,24,26-27H,2-3,8,11H2,1H3/t16-/m1/s1. The number of hydrogen-bond donors (Lipinski definition) is 3. The highest BCUT2D eigenvalue weighted by molar-refractivity contribution is 7.92. The Morgan fingerprint density at radius 2 is 2.03 bits per heavy atom. The molecule has 11 heteroatoms. The number of piperidine rings is 1. The van der Waals surface area contributed by atoms with Gasteiger partial charge in [0.05, 0.1) is 16.9 Å². The van der Waals surface area contributed by atoms with Gasteiger partial charge in [-0.3, -0.25) is 4.72 Å². The normalized spacial score (nSPS) is 16.7.